The summed E-state index contributed by atoms with van der Waals surface area (Å²) in [5.74, 6) is -0.103. The fraction of sp³-hybridized carbons (Fsp3) is 0.800. The van der Waals surface area contributed by atoms with Crippen LogP contribution in [0.2, 0.25) is 0 Å². The van der Waals surface area contributed by atoms with Gasteiger partial charge in [-0.1, -0.05) is 51.5 Å². The Labute approximate surface area is 141 Å². The molecule has 2 fully saturated rings. The van der Waals surface area contributed by atoms with Crippen LogP contribution in [0.4, 0.5) is 0 Å². The first-order valence-corrected chi connectivity index (χ1v) is 8.86. The SMILES string of the molecule is C=CC(C)=CCC1C(C)(O)C(O)C(O)C2C(C)(C)CCCC21C. The van der Waals surface area contributed by atoms with E-state index in [4.69, 9.17) is 0 Å². The van der Waals surface area contributed by atoms with Crippen LogP contribution in [0.3, 0.4) is 0 Å². The van der Waals surface area contributed by atoms with Gasteiger partial charge in [0.15, 0.2) is 0 Å². The van der Waals surface area contributed by atoms with Crippen LogP contribution in [0, 0.1) is 22.7 Å². The van der Waals surface area contributed by atoms with Crippen molar-refractivity contribution in [1.29, 1.82) is 0 Å². The van der Waals surface area contributed by atoms with E-state index in [2.05, 4.69) is 33.4 Å². The summed E-state index contributed by atoms with van der Waals surface area (Å²) in [7, 11) is 0. The first-order chi connectivity index (χ1) is 10.5. The van der Waals surface area contributed by atoms with E-state index in [1.807, 2.05) is 13.0 Å². The van der Waals surface area contributed by atoms with E-state index in [1.165, 1.54) is 0 Å². The third-order valence-electron chi connectivity index (χ3n) is 6.85. The molecule has 0 aromatic carbocycles. The van der Waals surface area contributed by atoms with Crippen molar-refractivity contribution >= 4 is 0 Å². The molecule has 3 nitrogen and oxygen atoms in total. The van der Waals surface area contributed by atoms with E-state index in [-0.39, 0.29) is 22.7 Å². The molecule has 132 valence electrons. The van der Waals surface area contributed by atoms with Gasteiger partial charge in [-0.15, -0.1) is 0 Å². The number of aliphatic hydroxyl groups excluding tert-OH is 2. The number of rotatable bonds is 3. The Bertz CT molecular complexity index is 491. The van der Waals surface area contributed by atoms with E-state index in [1.54, 1.807) is 6.92 Å². The van der Waals surface area contributed by atoms with Crippen LogP contribution < -0.4 is 0 Å². The maximum Gasteiger partial charge on any atom is 0.109 e. The highest BCUT2D eigenvalue weighted by atomic mass is 16.4. The minimum atomic E-state index is -1.30. The molecule has 0 aromatic rings. The summed E-state index contributed by atoms with van der Waals surface area (Å²) in [6, 6.07) is 0. The number of hydrogen-bond acceptors (Lipinski definition) is 3. The van der Waals surface area contributed by atoms with Crippen LogP contribution in [0.1, 0.15) is 60.3 Å². The molecule has 3 N–H and O–H groups in total. The second-order valence-electron chi connectivity index (χ2n) is 8.93. The van der Waals surface area contributed by atoms with E-state index in [0.717, 1.165) is 24.8 Å². The predicted octanol–water partition coefficient (Wildman–Crippen LogP) is 3.44. The standard InChI is InChI=1S/C20H34O3/c1-7-13(2)9-10-14-19(5)12-8-11-18(3,4)16(19)15(21)17(22)20(14,6)23/h7,9,14-17,21-23H,1,8,10-12H2,2-6H3. The van der Waals surface area contributed by atoms with E-state index < -0.39 is 17.8 Å². The predicted molar refractivity (Wildman–Crippen MR) is 93.9 cm³/mol. The van der Waals surface area contributed by atoms with Crippen molar-refractivity contribution in [3.8, 4) is 0 Å². The highest BCUT2D eigenvalue weighted by Crippen LogP contribution is 2.62. The molecule has 2 saturated carbocycles. The first kappa shape index (κ1) is 18.7. The number of aliphatic hydroxyl groups is 3. The smallest absolute Gasteiger partial charge is 0.109 e. The van der Waals surface area contributed by atoms with Gasteiger partial charge in [0, 0.05) is 0 Å². The van der Waals surface area contributed by atoms with Crippen LogP contribution >= 0.6 is 0 Å². The Morgan fingerprint density at radius 3 is 2.35 bits per heavy atom. The van der Waals surface area contributed by atoms with Gasteiger partial charge in [0.1, 0.15) is 6.10 Å². The third-order valence-corrected chi connectivity index (χ3v) is 6.85. The molecule has 0 amide bonds. The van der Waals surface area contributed by atoms with Crippen molar-refractivity contribution in [1.82, 2.24) is 0 Å². The van der Waals surface area contributed by atoms with Crippen LogP contribution in [-0.2, 0) is 0 Å². The molecule has 0 radical (unpaired) electrons. The monoisotopic (exact) mass is 322 g/mol. The largest absolute Gasteiger partial charge is 0.390 e. The summed E-state index contributed by atoms with van der Waals surface area (Å²) in [5.41, 5.74) is -0.450. The molecule has 0 spiro atoms. The minimum Gasteiger partial charge on any atom is -0.390 e. The third kappa shape index (κ3) is 2.92. The Balaban J connectivity index is 2.49. The lowest BCUT2D eigenvalue weighted by Gasteiger charge is -2.64. The highest BCUT2D eigenvalue weighted by molar-refractivity contribution is 5.18. The van der Waals surface area contributed by atoms with Crippen molar-refractivity contribution < 1.29 is 15.3 Å². The molecule has 6 atom stereocenters. The summed E-state index contributed by atoms with van der Waals surface area (Å²) in [6.45, 7) is 14.0. The van der Waals surface area contributed by atoms with Crippen molar-refractivity contribution in [2.75, 3.05) is 0 Å². The number of fused-ring (bicyclic) bond motifs is 1. The summed E-state index contributed by atoms with van der Waals surface area (Å²) in [6.07, 6.45) is 5.73. The Morgan fingerprint density at radius 1 is 1.17 bits per heavy atom. The zero-order valence-corrected chi connectivity index (χ0v) is 15.3. The van der Waals surface area contributed by atoms with Gasteiger partial charge in [0.2, 0.25) is 0 Å². The molecular formula is C20H34O3. The fourth-order valence-corrected chi connectivity index (χ4v) is 5.67. The van der Waals surface area contributed by atoms with Gasteiger partial charge in [0.05, 0.1) is 11.7 Å². The van der Waals surface area contributed by atoms with Gasteiger partial charge in [-0.2, -0.15) is 0 Å². The quantitative estimate of drug-likeness (QED) is 0.698. The second kappa shape index (κ2) is 6.02. The van der Waals surface area contributed by atoms with Crippen LogP contribution in [-0.4, -0.2) is 33.1 Å². The van der Waals surface area contributed by atoms with Crippen molar-refractivity contribution in [3.63, 3.8) is 0 Å². The zero-order chi connectivity index (χ0) is 17.6. The Kier molecular flexibility index (Phi) is 4.89. The average Bonchev–Trinajstić information content (AvgIpc) is 2.43. The lowest BCUT2D eigenvalue weighted by atomic mass is 9.43. The van der Waals surface area contributed by atoms with Crippen molar-refractivity contribution in [2.24, 2.45) is 22.7 Å². The molecule has 3 heteroatoms. The average molecular weight is 322 g/mol. The molecule has 0 aromatic heterocycles. The number of hydrogen-bond donors (Lipinski definition) is 3. The van der Waals surface area contributed by atoms with Crippen molar-refractivity contribution in [2.45, 2.75) is 78.1 Å². The lowest BCUT2D eigenvalue weighted by molar-refractivity contribution is -0.265. The second-order valence-corrected chi connectivity index (χ2v) is 8.93. The first-order valence-electron chi connectivity index (χ1n) is 8.86. The summed E-state index contributed by atoms with van der Waals surface area (Å²) < 4.78 is 0. The molecule has 0 bridgehead atoms. The van der Waals surface area contributed by atoms with E-state index >= 15 is 0 Å². The van der Waals surface area contributed by atoms with Gasteiger partial charge in [0.25, 0.3) is 0 Å². The molecule has 0 heterocycles. The van der Waals surface area contributed by atoms with E-state index in [9.17, 15) is 15.3 Å². The fourth-order valence-electron chi connectivity index (χ4n) is 5.67. The van der Waals surface area contributed by atoms with E-state index in [0.29, 0.717) is 6.42 Å². The van der Waals surface area contributed by atoms with Crippen LogP contribution in [0.5, 0.6) is 0 Å². The Morgan fingerprint density at radius 2 is 1.78 bits per heavy atom. The summed E-state index contributed by atoms with van der Waals surface area (Å²) >= 11 is 0. The molecule has 2 aliphatic rings. The molecule has 2 aliphatic carbocycles. The molecule has 6 unspecified atom stereocenters. The van der Waals surface area contributed by atoms with Gasteiger partial charge < -0.3 is 15.3 Å². The highest BCUT2D eigenvalue weighted by Gasteiger charge is 2.64. The maximum absolute atomic E-state index is 11.1. The van der Waals surface area contributed by atoms with Gasteiger partial charge in [-0.05, 0) is 55.8 Å². The Hall–Kier alpha value is -0.640. The van der Waals surface area contributed by atoms with Crippen LogP contribution in [0.15, 0.2) is 24.3 Å². The lowest BCUT2D eigenvalue weighted by Crippen LogP contribution is -2.69. The zero-order valence-electron chi connectivity index (χ0n) is 15.3. The molecule has 0 saturated heterocycles. The minimum absolute atomic E-state index is 0.0126. The molecule has 0 aliphatic heterocycles. The van der Waals surface area contributed by atoms with Gasteiger partial charge in [-0.3, -0.25) is 0 Å². The summed E-state index contributed by atoms with van der Waals surface area (Å²) in [5, 5.41) is 32.5. The molecule has 23 heavy (non-hydrogen) atoms. The van der Waals surface area contributed by atoms with Crippen LogP contribution in [0.25, 0.3) is 0 Å². The van der Waals surface area contributed by atoms with Crippen molar-refractivity contribution in [3.05, 3.63) is 24.3 Å². The van der Waals surface area contributed by atoms with Gasteiger partial charge >= 0.3 is 0 Å². The number of allylic oxidation sites excluding steroid dienone is 3. The van der Waals surface area contributed by atoms with Gasteiger partial charge in [-0.25, -0.2) is 0 Å². The maximum atomic E-state index is 11.1. The topological polar surface area (TPSA) is 60.7 Å². The normalized spacial score (nSPS) is 47.0. The molecular weight excluding hydrogens is 288 g/mol. The summed E-state index contributed by atoms with van der Waals surface area (Å²) in [4.78, 5) is 0. The molecule has 2 rings (SSSR count).